The van der Waals surface area contributed by atoms with Gasteiger partial charge in [-0.25, -0.2) is 5.48 Å². The topological polar surface area (TPSA) is 131 Å². The van der Waals surface area contributed by atoms with Crippen molar-refractivity contribution in [1.82, 2.24) is 10.8 Å². The minimum absolute atomic E-state index is 0.154. The van der Waals surface area contributed by atoms with Crippen LogP contribution in [0.2, 0.25) is 0 Å². The van der Waals surface area contributed by atoms with Gasteiger partial charge in [-0.05, 0) is 30.2 Å². The number of esters is 1. The van der Waals surface area contributed by atoms with Crippen LogP contribution in [-0.2, 0) is 19.1 Å². The molecule has 0 aromatic carbocycles. The van der Waals surface area contributed by atoms with Crippen molar-refractivity contribution in [1.29, 1.82) is 0 Å². The Morgan fingerprint density at radius 1 is 1.32 bits per heavy atom. The molecule has 1 atom stereocenters. The van der Waals surface area contributed by atoms with Gasteiger partial charge in [0.1, 0.15) is 0 Å². The first kappa shape index (κ1) is 26.4. The molecule has 0 radical (unpaired) electrons. The monoisotopic (exact) mass is 433 g/mol. The first-order valence-corrected chi connectivity index (χ1v) is 10.9. The van der Waals surface area contributed by atoms with Crippen molar-refractivity contribution in [3.05, 3.63) is 17.5 Å². The summed E-state index contributed by atoms with van der Waals surface area (Å²) in [5, 5.41) is 12.9. The summed E-state index contributed by atoms with van der Waals surface area (Å²) in [6.45, 7) is 4.49. The molecular formula is C18H31N3O5S2. The Hall–Kier alpha value is -1.62. The van der Waals surface area contributed by atoms with Crippen LogP contribution in [0.4, 0.5) is 0 Å². The van der Waals surface area contributed by atoms with E-state index in [1.54, 1.807) is 28.6 Å². The van der Waals surface area contributed by atoms with E-state index in [0.717, 1.165) is 0 Å². The third-order valence-electron chi connectivity index (χ3n) is 3.34. The third kappa shape index (κ3) is 14.4. The minimum Gasteiger partial charge on any atom is -0.469 e. The Labute approximate surface area is 174 Å². The number of rotatable bonds is 11. The molecule has 0 unspecified atom stereocenters. The standard InChI is InChI=1S/C11H22N2O3.C7H9NO2S2/c1-8(2)7-9(12)11(15)13-6-4-5-10(14)16-3;9-6(8-10)3-5-12-7-2-1-4-11-7/h8-9H,4-7,12H2,1-3H3,(H,13,15);1-2,4,10H,3,5H2,(H,8,9)/t9-;/m0./s1. The van der Waals surface area contributed by atoms with Gasteiger partial charge in [-0.3, -0.25) is 19.6 Å². The van der Waals surface area contributed by atoms with Crippen LogP contribution in [0.3, 0.4) is 0 Å². The molecule has 0 aliphatic rings. The summed E-state index contributed by atoms with van der Waals surface area (Å²) in [4.78, 5) is 32.8. The maximum atomic E-state index is 11.4. The van der Waals surface area contributed by atoms with Gasteiger partial charge in [0, 0.05) is 25.1 Å². The van der Waals surface area contributed by atoms with Crippen LogP contribution in [0, 0.1) is 5.92 Å². The predicted octanol–water partition coefficient (Wildman–Crippen LogP) is 2.16. The molecule has 0 saturated heterocycles. The number of nitrogens with two attached hydrogens (primary N) is 1. The highest BCUT2D eigenvalue weighted by Crippen LogP contribution is 2.23. The fourth-order valence-corrected chi connectivity index (χ4v) is 3.74. The average Bonchev–Trinajstić information content (AvgIpc) is 3.18. The maximum Gasteiger partial charge on any atom is 0.305 e. The second kappa shape index (κ2) is 16.3. The normalized spacial score (nSPS) is 11.2. The quantitative estimate of drug-likeness (QED) is 0.138. The summed E-state index contributed by atoms with van der Waals surface area (Å²) in [6, 6.07) is 3.52. The van der Waals surface area contributed by atoms with Crippen molar-refractivity contribution >= 4 is 40.9 Å². The number of methoxy groups -OCH3 is 1. The van der Waals surface area contributed by atoms with Gasteiger partial charge in [0.15, 0.2) is 0 Å². The molecule has 2 amide bonds. The highest BCUT2D eigenvalue weighted by molar-refractivity contribution is 8.01. The van der Waals surface area contributed by atoms with Crippen LogP contribution in [0.15, 0.2) is 21.7 Å². The highest BCUT2D eigenvalue weighted by atomic mass is 32.2. The van der Waals surface area contributed by atoms with E-state index in [2.05, 4.69) is 10.1 Å². The molecule has 0 bridgehead atoms. The molecule has 0 fully saturated rings. The van der Waals surface area contributed by atoms with Crippen LogP contribution < -0.4 is 16.5 Å². The smallest absolute Gasteiger partial charge is 0.305 e. The van der Waals surface area contributed by atoms with E-state index in [9.17, 15) is 14.4 Å². The van der Waals surface area contributed by atoms with Gasteiger partial charge in [0.2, 0.25) is 11.8 Å². The van der Waals surface area contributed by atoms with Gasteiger partial charge in [0.25, 0.3) is 0 Å². The van der Waals surface area contributed by atoms with Gasteiger partial charge in [0.05, 0.1) is 17.4 Å². The summed E-state index contributed by atoms with van der Waals surface area (Å²) in [7, 11) is 1.35. The molecule has 0 spiro atoms. The zero-order chi connectivity index (χ0) is 21.4. The first-order chi connectivity index (χ1) is 13.3. The Morgan fingerprint density at radius 3 is 2.57 bits per heavy atom. The van der Waals surface area contributed by atoms with Crippen LogP contribution in [0.25, 0.3) is 0 Å². The van der Waals surface area contributed by atoms with Gasteiger partial charge in [-0.2, -0.15) is 0 Å². The second-order valence-electron chi connectivity index (χ2n) is 6.27. The zero-order valence-electron chi connectivity index (χ0n) is 16.6. The summed E-state index contributed by atoms with van der Waals surface area (Å²) >= 11 is 3.27. The summed E-state index contributed by atoms with van der Waals surface area (Å²) < 4.78 is 5.68. The molecule has 1 aromatic heterocycles. The number of carbonyl (C=O) groups is 3. The molecule has 5 N–H and O–H groups in total. The summed E-state index contributed by atoms with van der Waals surface area (Å²) in [6.07, 6.45) is 1.91. The van der Waals surface area contributed by atoms with E-state index in [4.69, 9.17) is 10.9 Å². The molecular weight excluding hydrogens is 402 g/mol. The highest BCUT2D eigenvalue weighted by Gasteiger charge is 2.14. The number of amides is 2. The minimum atomic E-state index is -0.460. The zero-order valence-corrected chi connectivity index (χ0v) is 18.2. The number of hydrogen-bond acceptors (Lipinski definition) is 8. The molecule has 1 aromatic rings. The molecule has 8 nitrogen and oxygen atoms in total. The van der Waals surface area contributed by atoms with E-state index >= 15 is 0 Å². The number of thiophene rings is 1. The van der Waals surface area contributed by atoms with Crippen molar-refractivity contribution < 1.29 is 24.3 Å². The maximum absolute atomic E-state index is 11.4. The number of nitrogens with one attached hydrogen (secondary N) is 2. The van der Waals surface area contributed by atoms with Crippen molar-refractivity contribution in [2.45, 2.75) is 49.8 Å². The summed E-state index contributed by atoms with van der Waals surface area (Å²) in [5.41, 5.74) is 7.28. The number of thioether (sulfide) groups is 1. The lowest BCUT2D eigenvalue weighted by atomic mass is 10.0. The second-order valence-corrected chi connectivity index (χ2v) is 8.62. The third-order valence-corrected chi connectivity index (χ3v) is 5.47. The van der Waals surface area contributed by atoms with Crippen molar-refractivity contribution in [3.63, 3.8) is 0 Å². The number of hydrogen-bond donors (Lipinski definition) is 4. The summed E-state index contributed by atoms with van der Waals surface area (Å²) in [5.74, 6) is 0.349. The molecule has 10 heteroatoms. The van der Waals surface area contributed by atoms with Gasteiger partial charge >= 0.3 is 5.97 Å². The van der Waals surface area contributed by atoms with Crippen molar-refractivity contribution in [2.75, 3.05) is 19.4 Å². The molecule has 28 heavy (non-hydrogen) atoms. The molecule has 0 aliphatic heterocycles. The van der Waals surface area contributed by atoms with E-state index < -0.39 is 6.04 Å². The Bertz CT molecular complexity index is 568. The van der Waals surface area contributed by atoms with E-state index in [-0.39, 0.29) is 17.8 Å². The Kier molecular flexibility index (Phi) is 15.4. The van der Waals surface area contributed by atoms with Crippen LogP contribution in [0.1, 0.15) is 39.5 Å². The first-order valence-electron chi connectivity index (χ1n) is 8.99. The largest absolute Gasteiger partial charge is 0.469 e. The van der Waals surface area contributed by atoms with E-state index in [1.807, 2.05) is 31.4 Å². The van der Waals surface area contributed by atoms with Crippen LogP contribution in [-0.4, -0.2) is 48.4 Å². The predicted molar refractivity (Wildman–Crippen MR) is 111 cm³/mol. The molecule has 1 heterocycles. The Balaban J connectivity index is 0.000000540. The lowest BCUT2D eigenvalue weighted by Gasteiger charge is -2.13. The SMILES string of the molecule is COC(=O)CCCNC(=O)[C@@H](N)CC(C)C.O=C(CCSc1cccs1)NO. The number of carbonyl (C=O) groups excluding carboxylic acids is 3. The van der Waals surface area contributed by atoms with Crippen molar-refractivity contribution in [3.8, 4) is 0 Å². The average molecular weight is 434 g/mol. The van der Waals surface area contributed by atoms with Crippen LogP contribution >= 0.6 is 23.1 Å². The molecule has 0 aliphatic carbocycles. The Morgan fingerprint density at radius 2 is 2.04 bits per heavy atom. The molecule has 1 rings (SSSR count). The fourth-order valence-electron chi connectivity index (χ4n) is 1.94. The lowest BCUT2D eigenvalue weighted by Crippen LogP contribution is -2.41. The fraction of sp³-hybridized carbons (Fsp3) is 0.611. The van der Waals surface area contributed by atoms with E-state index in [1.165, 1.54) is 11.3 Å². The van der Waals surface area contributed by atoms with Gasteiger partial charge in [-0.1, -0.05) is 19.9 Å². The van der Waals surface area contributed by atoms with E-state index in [0.29, 0.717) is 43.9 Å². The molecule has 160 valence electrons. The molecule has 0 saturated carbocycles. The van der Waals surface area contributed by atoms with Gasteiger partial charge < -0.3 is 15.8 Å². The number of ether oxygens (including phenoxy) is 1. The number of hydroxylamine groups is 1. The van der Waals surface area contributed by atoms with Crippen LogP contribution in [0.5, 0.6) is 0 Å². The van der Waals surface area contributed by atoms with Gasteiger partial charge in [-0.15, -0.1) is 23.1 Å². The lowest BCUT2D eigenvalue weighted by molar-refractivity contribution is -0.140. The van der Waals surface area contributed by atoms with Crippen molar-refractivity contribution in [2.24, 2.45) is 11.7 Å².